The number of anilines is 1. The molecule has 226 valence electrons. The van der Waals surface area contributed by atoms with Crippen molar-refractivity contribution in [2.45, 2.75) is 35.9 Å². The Morgan fingerprint density at radius 1 is 1.07 bits per heavy atom. The van der Waals surface area contributed by atoms with Crippen LogP contribution in [0.25, 0.3) is 5.76 Å². The van der Waals surface area contributed by atoms with Crippen LogP contribution in [0.1, 0.15) is 42.5 Å². The molecule has 9 nitrogen and oxygen atoms in total. The maximum absolute atomic E-state index is 14.2. The summed E-state index contributed by atoms with van der Waals surface area (Å²) in [6.45, 7) is 3.33. The van der Waals surface area contributed by atoms with Gasteiger partial charge in [-0.1, -0.05) is 66.8 Å². The van der Waals surface area contributed by atoms with Crippen LogP contribution in [-0.2, 0) is 15.3 Å². The molecule has 1 N–H and O–H groups in total. The van der Waals surface area contributed by atoms with Crippen LogP contribution in [0, 0.1) is 5.82 Å². The summed E-state index contributed by atoms with van der Waals surface area (Å²) in [5.74, 6) is -0.568. The highest BCUT2D eigenvalue weighted by molar-refractivity contribution is 8.00. The average Bonchev–Trinajstić information content (AvgIpc) is 3.62. The molecule has 1 atom stereocenters. The molecule has 1 fully saturated rings. The first kappa shape index (κ1) is 29.6. The lowest BCUT2D eigenvalue weighted by Gasteiger charge is -2.23. The summed E-state index contributed by atoms with van der Waals surface area (Å²) >= 11 is 2.38. The first-order valence-electron chi connectivity index (χ1n) is 14.1. The predicted molar refractivity (Wildman–Crippen MR) is 165 cm³/mol. The van der Waals surface area contributed by atoms with Crippen LogP contribution < -0.4 is 19.1 Å². The number of ketones is 1. The minimum atomic E-state index is -1.02. The highest BCUT2D eigenvalue weighted by Gasteiger charge is 2.48. The summed E-state index contributed by atoms with van der Waals surface area (Å²) in [6, 6.07) is 17.4. The molecule has 3 aromatic carbocycles. The monoisotopic (exact) mass is 633 g/mol. The molecule has 0 radical (unpaired) electrons. The van der Waals surface area contributed by atoms with E-state index in [0.29, 0.717) is 63.9 Å². The van der Waals surface area contributed by atoms with Gasteiger partial charge in [0.25, 0.3) is 5.78 Å². The fourth-order valence-electron chi connectivity index (χ4n) is 4.91. The Kier molecular flexibility index (Phi) is 8.80. The molecule has 1 aromatic heterocycles. The second kappa shape index (κ2) is 13.1. The molecular formula is C32H28FN3O6S2. The number of ether oxygens (including phenoxy) is 3. The van der Waals surface area contributed by atoms with Crippen LogP contribution in [0.2, 0.25) is 0 Å². The molecule has 2 aliphatic heterocycles. The van der Waals surface area contributed by atoms with Crippen molar-refractivity contribution in [2.75, 3.05) is 24.7 Å². The van der Waals surface area contributed by atoms with Crippen molar-refractivity contribution >= 4 is 45.7 Å². The number of aromatic nitrogens is 2. The number of thioether (sulfide) groups is 1. The molecule has 0 spiro atoms. The van der Waals surface area contributed by atoms with E-state index in [2.05, 4.69) is 17.1 Å². The van der Waals surface area contributed by atoms with Gasteiger partial charge in [-0.25, -0.2) is 4.39 Å². The predicted octanol–water partition coefficient (Wildman–Crippen LogP) is 6.55. The Bertz CT molecular complexity index is 1740. The van der Waals surface area contributed by atoms with Crippen LogP contribution >= 0.6 is 23.1 Å². The zero-order chi connectivity index (χ0) is 30.6. The number of unbranched alkanes of at least 4 members (excludes halogenated alkanes) is 1. The van der Waals surface area contributed by atoms with Gasteiger partial charge < -0.3 is 19.3 Å². The molecule has 6 rings (SSSR count). The molecule has 1 amide bonds. The van der Waals surface area contributed by atoms with Gasteiger partial charge in [-0.05, 0) is 53.9 Å². The maximum atomic E-state index is 14.2. The van der Waals surface area contributed by atoms with Gasteiger partial charge in [0.05, 0.1) is 18.2 Å². The molecule has 2 aliphatic rings. The second-order valence-corrected chi connectivity index (χ2v) is 12.2. The van der Waals surface area contributed by atoms with Crippen molar-refractivity contribution in [3.05, 3.63) is 94.8 Å². The molecule has 0 bridgehead atoms. The molecular weight excluding hydrogens is 605 g/mol. The third-order valence-corrected chi connectivity index (χ3v) is 9.22. The normalized spacial score (nSPS) is 17.2. The number of halogens is 1. The minimum Gasteiger partial charge on any atom is -0.507 e. The summed E-state index contributed by atoms with van der Waals surface area (Å²) in [5.41, 5.74) is 1.25. The van der Waals surface area contributed by atoms with Gasteiger partial charge in [-0.2, -0.15) is 0 Å². The number of nitrogens with zero attached hydrogens (tertiary/aromatic N) is 3. The lowest BCUT2D eigenvalue weighted by atomic mass is 9.95. The van der Waals surface area contributed by atoms with Crippen LogP contribution in [0.5, 0.6) is 17.2 Å². The van der Waals surface area contributed by atoms with Crippen molar-refractivity contribution in [1.29, 1.82) is 0 Å². The molecule has 0 saturated carbocycles. The Morgan fingerprint density at radius 3 is 2.70 bits per heavy atom. The van der Waals surface area contributed by atoms with Gasteiger partial charge in [-0.15, -0.1) is 10.2 Å². The van der Waals surface area contributed by atoms with E-state index < -0.39 is 17.7 Å². The molecule has 1 unspecified atom stereocenters. The fourth-order valence-corrected chi connectivity index (χ4v) is 6.77. The van der Waals surface area contributed by atoms with Gasteiger partial charge >= 0.3 is 5.91 Å². The quantitative estimate of drug-likeness (QED) is 0.0519. The van der Waals surface area contributed by atoms with Crippen molar-refractivity contribution in [3.8, 4) is 17.2 Å². The number of rotatable bonds is 10. The van der Waals surface area contributed by atoms with E-state index in [1.165, 1.54) is 22.7 Å². The SMILES string of the molecule is CCCCOc1cccc(C2/C(=C(/O)c3ccc4c(c3)OCCO4)C(=O)C(=O)N2c2nnc(SCc3ccccc3F)s2)c1. The molecule has 4 aromatic rings. The number of Topliss-reactive ketones (excluding diaryl/α,β-unsaturated/α-hetero) is 1. The molecule has 1 saturated heterocycles. The highest BCUT2D eigenvalue weighted by atomic mass is 32.2. The molecule has 3 heterocycles. The lowest BCUT2D eigenvalue weighted by Crippen LogP contribution is -2.29. The Balaban J connectivity index is 1.39. The number of carbonyl (C=O) groups is 2. The molecule has 0 aliphatic carbocycles. The van der Waals surface area contributed by atoms with Crippen molar-refractivity contribution < 1.29 is 33.3 Å². The second-order valence-electron chi connectivity index (χ2n) is 10.0. The number of fused-ring (bicyclic) bond motifs is 1. The Morgan fingerprint density at radius 2 is 1.89 bits per heavy atom. The number of aliphatic hydroxyl groups is 1. The zero-order valence-corrected chi connectivity index (χ0v) is 25.3. The van der Waals surface area contributed by atoms with Gasteiger partial charge in [0.2, 0.25) is 5.13 Å². The highest BCUT2D eigenvalue weighted by Crippen LogP contribution is 2.45. The van der Waals surface area contributed by atoms with E-state index >= 15 is 0 Å². The number of benzene rings is 3. The van der Waals surface area contributed by atoms with E-state index in [1.807, 2.05) is 0 Å². The minimum absolute atomic E-state index is 0.104. The number of hydrogen-bond donors (Lipinski definition) is 1. The summed E-state index contributed by atoms with van der Waals surface area (Å²) in [7, 11) is 0. The maximum Gasteiger partial charge on any atom is 0.301 e. The number of aliphatic hydroxyl groups excluding tert-OH is 1. The first-order chi connectivity index (χ1) is 21.4. The average molecular weight is 634 g/mol. The smallest absolute Gasteiger partial charge is 0.301 e. The summed E-state index contributed by atoms with van der Waals surface area (Å²) in [5, 5.41) is 20.2. The molecule has 44 heavy (non-hydrogen) atoms. The van der Waals surface area contributed by atoms with Crippen LogP contribution in [0.15, 0.2) is 76.6 Å². The number of carbonyl (C=O) groups excluding carboxylic acids is 2. The number of amides is 1. The third-order valence-electron chi connectivity index (χ3n) is 7.11. The van der Waals surface area contributed by atoms with Crippen LogP contribution in [0.4, 0.5) is 9.52 Å². The van der Waals surface area contributed by atoms with E-state index in [4.69, 9.17) is 14.2 Å². The fraction of sp³-hybridized carbons (Fsp3) is 0.250. The zero-order valence-electron chi connectivity index (χ0n) is 23.7. The summed E-state index contributed by atoms with van der Waals surface area (Å²) < 4.78 is 31.8. The van der Waals surface area contributed by atoms with Gasteiger partial charge in [0, 0.05) is 11.3 Å². The number of hydrogen-bond acceptors (Lipinski definition) is 10. The van der Waals surface area contributed by atoms with Crippen molar-refractivity contribution in [1.82, 2.24) is 10.2 Å². The van der Waals surface area contributed by atoms with Gasteiger partial charge in [0.15, 0.2) is 15.8 Å². The topological polar surface area (TPSA) is 111 Å². The standard InChI is InChI=1S/C32H28FN3O6S2/c1-2-3-13-40-22-9-6-8-19(16-22)27-26(28(37)20-11-12-24-25(17-20)42-15-14-41-24)29(38)30(39)36(27)31-34-35-32(44-31)43-18-21-7-4-5-10-23(21)33/h4-12,16-17,27,37H,2-3,13-15,18H2,1H3/b28-26-. The van der Waals surface area contributed by atoms with Gasteiger partial charge in [0.1, 0.15) is 30.5 Å². The van der Waals surface area contributed by atoms with E-state index in [9.17, 15) is 19.1 Å². The summed E-state index contributed by atoms with van der Waals surface area (Å²) in [4.78, 5) is 28.5. The van der Waals surface area contributed by atoms with Crippen molar-refractivity contribution in [2.24, 2.45) is 0 Å². The largest absolute Gasteiger partial charge is 0.507 e. The van der Waals surface area contributed by atoms with Crippen LogP contribution in [-0.4, -0.2) is 46.8 Å². The molecule has 12 heteroatoms. The van der Waals surface area contributed by atoms with Crippen LogP contribution in [0.3, 0.4) is 0 Å². The Labute approximate surface area is 261 Å². The third kappa shape index (κ3) is 6.00. The lowest BCUT2D eigenvalue weighted by molar-refractivity contribution is -0.132. The van der Waals surface area contributed by atoms with E-state index in [1.54, 1.807) is 60.7 Å². The van der Waals surface area contributed by atoms with Gasteiger partial charge in [-0.3, -0.25) is 14.5 Å². The summed E-state index contributed by atoms with van der Waals surface area (Å²) in [6.07, 6.45) is 1.83. The Hall–Kier alpha value is -4.42. The van der Waals surface area contributed by atoms with Crippen molar-refractivity contribution in [3.63, 3.8) is 0 Å². The van der Waals surface area contributed by atoms with E-state index in [0.717, 1.165) is 24.2 Å². The van der Waals surface area contributed by atoms with E-state index in [-0.39, 0.29) is 22.3 Å². The first-order valence-corrected chi connectivity index (χ1v) is 15.9.